The molecule has 0 spiro atoms. The van der Waals surface area contributed by atoms with Crippen LogP contribution >= 0.6 is 24.0 Å². The van der Waals surface area contributed by atoms with Crippen LogP contribution in [-0.4, -0.2) is 23.9 Å². The third kappa shape index (κ3) is 3.20. The molecule has 0 atom stereocenters. The summed E-state index contributed by atoms with van der Waals surface area (Å²) in [6.07, 6.45) is 3.38. The molecule has 0 unspecified atom stereocenters. The first-order chi connectivity index (χ1) is 9.65. The number of thiocarbonyl (C=S) groups is 1. The molecule has 1 aliphatic heterocycles. The first-order valence-electron chi connectivity index (χ1n) is 5.81. The fourth-order valence-corrected chi connectivity index (χ4v) is 2.70. The number of carbonyl (C=O) groups is 1. The van der Waals surface area contributed by atoms with Gasteiger partial charge in [-0.05, 0) is 12.1 Å². The molecule has 20 heavy (non-hydrogen) atoms. The van der Waals surface area contributed by atoms with Gasteiger partial charge in [-0.1, -0.05) is 48.8 Å². The van der Waals surface area contributed by atoms with Gasteiger partial charge in [0.2, 0.25) is 0 Å². The Bertz CT molecular complexity index is 596. The van der Waals surface area contributed by atoms with E-state index in [2.05, 4.69) is 11.9 Å². The van der Waals surface area contributed by atoms with Crippen LogP contribution < -0.4 is 14.8 Å². The molecule has 2 rings (SSSR count). The van der Waals surface area contributed by atoms with Gasteiger partial charge >= 0.3 is 0 Å². The fourth-order valence-electron chi connectivity index (χ4n) is 1.67. The second kappa shape index (κ2) is 6.58. The first-order valence-corrected chi connectivity index (χ1v) is 7.03. The van der Waals surface area contributed by atoms with Crippen LogP contribution in [0.4, 0.5) is 0 Å². The molecule has 1 aromatic carbocycles. The van der Waals surface area contributed by atoms with Crippen LogP contribution in [0.5, 0.6) is 11.5 Å². The summed E-state index contributed by atoms with van der Waals surface area (Å²) < 4.78 is 11.3. The van der Waals surface area contributed by atoms with Crippen molar-refractivity contribution in [2.45, 2.75) is 0 Å². The minimum Gasteiger partial charge on any atom is -0.493 e. The van der Waals surface area contributed by atoms with Gasteiger partial charge in [0.15, 0.2) is 11.5 Å². The quantitative estimate of drug-likeness (QED) is 0.515. The number of thioether (sulfide) groups is 1. The Morgan fingerprint density at radius 3 is 2.90 bits per heavy atom. The molecular formula is C14H13NO3S2. The average Bonchev–Trinajstić information content (AvgIpc) is 2.75. The summed E-state index contributed by atoms with van der Waals surface area (Å²) in [5.74, 6) is 0.985. The van der Waals surface area contributed by atoms with Crippen molar-refractivity contribution in [1.82, 2.24) is 5.32 Å². The summed E-state index contributed by atoms with van der Waals surface area (Å²) >= 11 is 6.19. The minimum absolute atomic E-state index is 0.197. The van der Waals surface area contributed by atoms with Crippen LogP contribution in [0.15, 0.2) is 35.8 Å². The molecule has 1 aliphatic rings. The van der Waals surface area contributed by atoms with Gasteiger partial charge in [-0.3, -0.25) is 4.79 Å². The zero-order chi connectivity index (χ0) is 14.5. The summed E-state index contributed by atoms with van der Waals surface area (Å²) in [7, 11) is 1.57. The van der Waals surface area contributed by atoms with Gasteiger partial charge < -0.3 is 14.8 Å². The molecule has 1 heterocycles. The molecule has 104 valence electrons. The van der Waals surface area contributed by atoms with Gasteiger partial charge in [0.25, 0.3) is 5.91 Å². The number of hydrogen-bond acceptors (Lipinski definition) is 5. The largest absolute Gasteiger partial charge is 0.493 e. The van der Waals surface area contributed by atoms with Crippen molar-refractivity contribution in [2.75, 3.05) is 13.7 Å². The van der Waals surface area contributed by atoms with Gasteiger partial charge in [0, 0.05) is 5.56 Å². The molecule has 1 N–H and O–H groups in total. The molecular weight excluding hydrogens is 294 g/mol. The van der Waals surface area contributed by atoms with Crippen LogP contribution in [-0.2, 0) is 4.79 Å². The monoisotopic (exact) mass is 307 g/mol. The number of amides is 1. The van der Waals surface area contributed by atoms with Gasteiger partial charge in [0.1, 0.15) is 10.9 Å². The van der Waals surface area contributed by atoms with Crippen LogP contribution in [0, 0.1) is 0 Å². The van der Waals surface area contributed by atoms with Crippen molar-refractivity contribution in [2.24, 2.45) is 0 Å². The minimum atomic E-state index is -0.197. The van der Waals surface area contributed by atoms with Gasteiger partial charge in [-0.2, -0.15) is 0 Å². The maximum atomic E-state index is 11.7. The van der Waals surface area contributed by atoms with E-state index in [-0.39, 0.29) is 5.91 Å². The zero-order valence-electron chi connectivity index (χ0n) is 10.8. The van der Waals surface area contributed by atoms with E-state index >= 15 is 0 Å². The van der Waals surface area contributed by atoms with E-state index in [0.29, 0.717) is 27.3 Å². The van der Waals surface area contributed by atoms with E-state index in [1.807, 2.05) is 12.1 Å². The van der Waals surface area contributed by atoms with E-state index in [9.17, 15) is 4.79 Å². The third-order valence-electron chi connectivity index (χ3n) is 2.50. The highest BCUT2D eigenvalue weighted by atomic mass is 32.2. The molecule has 0 aliphatic carbocycles. The molecule has 1 amide bonds. The van der Waals surface area contributed by atoms with Gasteiger partial charge in [-0.15, -0.1) is 0 Å². The van der Waals surface area contributed by atoms with Gasteiger partial charge in [0.05, 0.1) is 12.0 Å². The summed E-state index contributed by atoms with van der Waals surface area (Å²) in [4.78, 5) is 12.2. The lowest BCUT2D eigenvalue weighted by Gasteiger charge is -2.12. The molecule has 4 nitrogen and oxygen atoms in total. The lowest BCUT2D eigenvalue weighted by molar-refractivity contribution is -0.115. The number of benzene rings is 1. The Morgan fingerprint density at radius 2 is 2.30 bits per heavy atom. The Balaban J connectivity index is 2.40. The topological polar surface area (TPSA) is 47.6 Å². The van der Waals surface area contributed by atoms with Gasteiger partial charge in [-0.25, -0.2) is 0 Å². The van der Waals surface area contributed by atoms with E-state index in [1.165, 1.54) is 11.8 Å². The molecule has 0 radical (unpaired) electrons. The van der Waals surface area contributed by atoms with E-state index in [4.69, 9.17) is 21.7 Å². The molecule has 1 fully saturated rings. The summed E-state index contributed by atoms with van der Waals surface area (Å²) in [6.45, 7) is 3.98. The maximum Gasteiger partial charge on any atom is 0.263 e. The lowest BCUT2D eigenvalue weighted by Crippen LogP contribution is -2.17. The molecule has 0 bridgehead atoms. The fraction of sp³-hybridized carbons (Fsp3) is 0.143. The number of hydrogen-bond donors (Lipinski definition) is 1. The lowest BCUT2D eigenvalue weighted by atomic mass is 10.1. The second-order valence-electron chi connectivity index (χ2n) is 3.83. The number of methoxy groups -OCH3 is 1. The average molecular weight is 307 g/mol. The highest BCUT2D eigenvalue weighted by Crippen LogP contribution is 2.35. The molecule has 0 saturated carbocycles. The van der Waals surface area contributed by atoms with Crippen molar-refractivity contribution in [3.8, 4) is 11.5 Å². The third-order valence-corrected chi connectivity index (χ3v) is 3.67. The van der Waals surface area contributed by atoms with E-state index in [0.717, 1.165) is 5.56 Å². The number of carbonyl (C=O) groups excluding carboxylic acids is 1. The number of para-hydroxylation sites is 1. The summed E-state index contributed by atoms with van der Waals surface area (Å²) in [6, 6.07) is 5.48. The van der Waals surface area contributed by atoms with Crippen molar-refractivity contribution in [1.29, 1.82) is 0 Å². The standard InChI is InChI=1S/C14H13NO3S2/c1-3-7-18-12-9(5-4-6-10(12)17-2)8-11-13(16)15-14(19)20-11/h3-6,8H,1,7H2,2H3,(H,15,16,19)/b11-8+. The number of nitrogens with one attached hydrogen (secondary N) is 1. The molecule has 0 aromatic heterocycles. The Labute approximate surface area is 126 Å². The van der Waals surface area contributed by atoms with E-state index < -0.39 is 0 Å². The Morgan fingerprint density at radius 1 is 1.50 bits per heavy atom. The van der Waals surface area contributed by atoms with Crippen molar-refractivity contribution in [3.05, 3.63) is 41.3 Å². The van der Waals surface area contributed by atoms with Crippen LogP contribution in [0.25, 0.3) is 6.08 Å². The summed E-state index contributed by atoms with van der Waals surface area (Å²) in [5.41, 5.74) is 0.758. The van der Waals surface area contributed by atoms with Crippen LogP contribution in [0.2, 0.25) is 0 Å². The van der Waals surface area contributed by atoms with E-state index in [1.54, 1.807) is 25.3 Å². The normalized spacial score (nSPS) is 16.1. The zero-order valence-corrected chi connectivity index (χ0v) is 12.5. The number of rotatable bonds is 5. The predicted octanol–water partition coefficient (Wildman–Crippen LogP) is 2.75. The van der Waals surface area contributed by atoms with Crippen molar-refractivity contribution < 1.29 is 14.3 Å². The maximum absolute atomic E-state index is 11.7. The SMILES string of the molecule is C=CCOc1c(/C=C2/SC(=S)NC2=O)cccc1OC. The van der Waals surface area contributed by atoms with Crippen molar-refractivity contribution >= 4 is 40.3 Å². The molecule has 6 heteroatoms. The highest BCUT2D eigenvalue weighted by molar-refractivity contribution is 8.26. The Hall–Kier alpha value is -1.79. The predicted molar refractivity (Wildman–Crippen MR) is 85.0 cm³/mol. The molecule has 1 saturated heterocycles. The smallest absolute Gasteiger partial charge is 0.263 e. The van der Waals surface area contributed by atoms with Crippen LogP contribution in [0.3, 0.4) is 0 Å². The highest BCUT2D eigenvalue weighted by Gasteiger charge is 2.23. The molecule has 1 aromatic rings. The second-order valence-corrected chi connectivity index (χ2v) is 5.55. The Kier molecular flexibility index (Phi) is 4.81. The van der Waals surface area contributed by atoms with Crippen molar-refractivity contribution in [3.63, 3.8) is 0 Å². The van der Waals surface area contributed by atoms with Crippen LogP contribution in [0.1, 0.15) is 5.56 Å². The number of ether oxygens (including phenoxy) is 2. The summed E-state index contributed by atoms with van der Waals surface area (Å²) in [5, 5.41) is 2.58. The first kappa shape index (κ1) is 14.6.